The van der Waals surface area contributed by atoms with E-state index >= 15 is 0 Å². The van der Waals surface area contributed by atoms with Crippen molar-refractivity contribution in [2.45, 2.75) is 82.7 Å². The Balaban J connectivity index is 1.25. The van der Waals surface area contributed by atoms with Gasteiger partial charge in [0.25, 0.3) is 0 Å². The third-order valence-electron chi connectivity index (χ3n) is 7.48. The van der Waals surface area contributed by atoms with Crippen molar-refractivity contribution < 1.29 is 14.3 Å². The molecule has 4 rings (SSSR count). The molecule has 4 fully saturated rings. The zero-order valence-corrected chi connectivity index (χ0v) is 16.8. The molecular formula is C22H36N2O3. The number of nitrogens with zero attached hydrogens (tertiary/aromatic N) is 2. The first kappa shape index (κ1) is 19.2. The first-order chi connectivity index (χ1) is 13.1. The molecule has 4 aliphatic rings. The lowest BCUT2D eigenvalue weighted by molar-refractivity contribution is -0.150. The van der Waals surface area contributed by atoms with E-state index in [0.717, 1.165) is 77.7 Å². The third-order valence-corrected chi connectivity index (χ3v) is 7.48. The van der Waals surface area contributed by atoms with Crippen LogP contribution in [0.4, 0.5) is 0 Å². The van der Waals surface area contributed by atoms with Crippen LogP contribution in [-0.2, 0) is 14.3 Å². The van der Waals surface area contributed by atoms with Crippen molar-refractivity contribution >= 4 is 11.8 Å². The lowest BCUT2D eigenvalue weighted by Gasteiger charge is -2.46. The summed E-state index contributed by atoms with van der Waals surface area (Å²) in [7, 11) is 0. The SMILES string of the molecule is O=C(CC1CCCC1)N1CCC2(CC1)CC(CC(=O)N1CCCC1)CCO2. The Hall–Kier alpha value is -1.10. The van der Waals surface area contributed by atoms with E-state index in [1.807, 2.05) is 4.90 Å². The lowest BCUT2D eigenvalue weighted by Crippen LogP contribution is -2.51. The predicted octanol–water partition coefficient (Wildman–Crippen LogP) is 3.37. The molecule has 0 aromatic heterocycles. The molecule has 3 heterocycles. The van der Waals surface area contributed by atoms with Crippen molar-refractivity contribution in [1.82, 2.24) is 9.80 Å². The average molecular weight is 377 g/mol. The smallest absolute Gasteiger partial charge is 0.222 e. The lowest BCUT2D eigenvalue weighted by atomic mass is 9.78. The van der Waals surface area contributed by atoms with Gasteiger partial charge in [0.1, 0.15) is 0 Å². The average Bonchev–Trinajstić information content (AvgIpc) is 3.36. The summed E-state index contributed by atoms with van der Waals surface area (Å²) in [5, 5.41) is 0. The van der Waals surface area contributed by atoms with Gasteiger partial charge in [-0.25, -0.2) is 0 Å². The summed E-state index contributed by atoms with van der Waals surface area (Å²) in [6.45, 7) is 4.33. The van der Waals surface area contributed by atoms with Gasteiger partial charge < -0.3 is 14.5 Å². The number of carbonyl (C=O) groups is 2. The van der Waals surface area contributed by atoms with E-state index < -0.39 is 0 Å². The molecule has 152 valence electrons. The number of ether oxygens (including phenoxy) is 1. The second-order valence-electron chi connectivity index (χ2n) is 9.42. The van der Waals surface area contributed by atoms with Crippen LogP contribution in [0.2, 0.25) is 0 Å². The van der Waals surface area contributed by atoms with Crippen molar-refractivity contribution in [3.63, 3.8) is 0 Å². The Morgan fingerprint density at radius 2 is 1.37 bits per heavy atom. The van der Waals surface area contributed by atoms with Gasteiger partial charge in [-0.2, -0.15) is 0 Å². The van der Waals surface area contributed by atoms with Crippen LogP contribution in [0.3, 0.4) is 0 Å². The number of rotatable bonds is 4. The summed E-state index contributed by atoms with van der Waals surface area (Å²) in [6, 6.07) is 0. The van der Waals surface area contributed by atoms with Crippen molar-refractivity contribution in [2.75, 3.05) is 32.8 Å². The molecule has 2 amide bonds. The van der Waals surface area contributed by atoms with Gasteiger partial charge in [-0.3, -0.25) is 9.59 Å². The molecule has 3 saturated heterocycles. The van der Waals surface area contributed by atoms with Crippen molar-refractivity contribution in [2.24, 2.45) is 11.8 Å². The van der Waals surface area contributed by atoms with Crippen molar-refractivity contribution in [1.29, 1.82) is 0 Å². The van der Waals surface area contributed by atoms with Crippen LogP contribution >= 0.6 is 0 Å². The van der Waals surface area contributed by atoms with E-state index in [2.05, 4.69) is 4.90 Å². The Bertz CT molecular complexity index is 530. The highest BCUT2D eigenvalue weighted by atomic mass is 16.5. The fraction of sp³-hybridized carbons (Fsp3) is 0.909. The zero-order valence-electron chi connectivity index (χ0n) is 16.8. The van der Waals surface area contributed by atoms with E-state index in [9.17, 15) is 9.59 Å². The molecule has 0 N–H and O–H groups in total. The fourth-order valence-electron chi connectivity index (χ4n) is 5.75. The molecule has 0 aromatic rings. The summed E-state index contributed by atoms with van der Waals surface area (Å²) < 4.78 is 6.24. The molecule has 27 heavy (non-hydrogen) atoms. The van der Waals surface area contributed by atoms with Gasteiger partial charge >= 0.3 is 0 Å². The zero-order chi connectivity index (χ0) is 18.7. The van der Waals surface area contributed by atoms with Gasteiger partial charge in [0.2, 0.25) is 11.8 Å². The monoisotopic (exact) mass is 376 g/mol. The standard InChI is InChI=1S/C22H36N2O3/c25-20(15-18-5-1-2-6-18)24-12-8-22(9-13-24)17-19(7-14-27-22)16-21(26)23-10-3-4-11-23/h18-19H,1-17H2. The molecule has 5 nitrogen and oxygen atoms in total. The van der Waals surface area contributed by atoms with Gasteiger partial charge in [-0.05, 0) is 63.2 Å². The Kier molecular flexibility index (Phi) is 6.05. The topological polar surface area (TPSA) is 49.9 Å². The first-order valence-corrected chi connectivity index (χ1v) is 11.3. The second kappa shape index (κ2) is 8.50. The molecule has 1 aliphatic carbocycles. The quantitative estimate of drug-likeness (QED) is 0.756. The molecule has 3 aliphatic heterocycles. The Labute approximate surface area is 163 Å². The number of piperidine rings is 1. The molecular weight excluding hydrogens is 340 g/mol. The fourth-order valence-corrected chi connectivity index (χ4v) is 5.75. The largest absolute Gasteiger partial charge is 0.375 e. The number of likely N-dealkylation sites (tertiary alicyclic amines) is 2. The van der Waals surface area contributed by atoms with Crippen LogP contribution in [0.25, 0.3) is 0 Å². The molecule has 5 heteroatoms. The van der Waals surface area contributed by atoms with Crippen LogP contribution in [0.5, 0.6) is 0 Å². The highest BCUT2D eigenvalue weighted by molar-refractivity contribution is 5.77. The van der Waals surface area contributed by atoms with Gasteiger partial charge in [0.15, 0.2) is 0 Å². The summed E-state index contributed by atoms with van der Waals surface area (Å²) in [4.78, 5) is 29.3. The number of hydrogen-bond acceptors (Lipinski definition) is 3. The van der Waals surface area contributed by atoms with Gasteiger partial charge in [-0.15, -0.1) is 0 Å². The van der Waals surface area contributed by atoms with Crippen LogP contribution < -0.4 is 0 Å². The minimum atomic E-state index is -0.0850. The number of carbonyl (C=O) groups excluding carboxylic acids is 2. The highest BCUT2D eigenvalue weighted by Crippen LogP contribution is 2.39. The third kappa shape index (κ3) is 4.67. The second-order valence-corrected chi connectivity index (χ2v) is 9.42. The minimum absolute atomic E-state index is 0.0850. The number of amides is 2. The van der Waals surface area contributed by atoms with Gasteiger partial charge in [0.05, 0.1) is 5.60 Å². The molecule has 1 saturated carbocycles. The minimum Gasteiger partial charge on any atom is -0.375 e. The maximum absolute atomic E-state index is 12.6. The molecule has 0 aromatic carbocycles. The molecule has 1 unspecified atom stereocenters. The van der Waals surface area contributed by atoms with Crippen LogP contribution in [0.1, 0.15) is 77.0 Å². The van der Waals surface area contributed by atoms with Gasteiger partial charge in [0, 0.05) is 45.6 Å². The van der Waals surface area contributed by atoms with Crippen molar-refractivity contribution in [3.8, 4) is 0 Å². The van der Waals surface area contributed by atoms with E-state index in [4.69, 9.17) is 4.74 Å². The molecule has 0 radical (unpaired) electrons. The van der Waals surface area contributed by atoms with E-state index in [0.29, 0.717) is 30.1 Å². The maximum atomic E-state index is 12.6. The summed E-state index contributed by atoms with van der Waals surface area (Å²) in [5.74, 6) is 1.78. The number of hydrogen-bond donors (Lipinski definition) is 0. The van der Waals surface area contributed by atoms with E-state index in [1.54, 1.807) is 0 Å². The maximum Gasteiger partial charge on any atom is 0.222 e. The first-order valence-electron chi connectivity index (χ1n) is 11.3. The van der Waals surface area contributed by atoms with E-state index in [1.165, 1.54) is 25.7 Å². The van der Waals surface area contributed by atoms with E-state index in [-0.39, 0.29) is 5.60 Å². The predicted molar refractivity (Wildman–Crippen MR) is 104 cm³/mol. The summed E-state index contributed by atoms with van der Waals surface area (Å²) in [6.07, 6.45) is 12.7. The molecule has 1 atom stereocenters. The molecule has 0 bridgehead atoms. The Morgan fingerprint density at radius 3 is 2.04 bits per heavy atom. The van der Waals surface area contributed by atoms with Crippen LogP contribution in [0, 0.1) is 11.8 Å². The highest BCUT2D eigenvalue weighted by Gasteiger charge is 2.42. The summed E-state index contributed by atoms with van der Waals surface area (Å²) in [5.41, 5.74) is -0.0850. The normalized spacial score (nSPS) is 28.8. The van der Waals surface area contributed by atoms with Crippen LogP contribution in [-0.4, -0.2) is 60.0 Å². The van der Waals surface area contributed by atoms with Crippen molar-refractivity contribution in [3.05, 3.63) is 0 Å². The molecule has 1 spiro atoms. The Morgan fingerprint density at radius 1 is 0.778 bits per heavy atom. The summed E-state index contributed by atoms with van der Waals surface area (Å²) >= 11 is 0. The van der Waals surface area contributed by atoms with Crippen LogP contribution in [0.15, 0.2) is 0 Å². The van der Waals surface area contributed by atoms with Gasteiger partial charge in [-0.1, -0.05) is 12.8 Å².